The molecule has 0 bridgehead atoms. The van der Waals surface area contributed by atoms with Crippen LogP contribution in [-0.2, 0) is 41.8 Å². The van der Waals surface area contributed by atoms with E-state index in [1.54, 1.807) is 6.07 Å². The monoisotopic (exact) mass is 1480 g/mol. The van der Waals surface area contributed by atoms with Crippen molar-refractivity contribution in [3.05, 3.63) is 263 Å². The minimum absolute atomic E-state index is 0. The van der Waals surface area contributed by atoms with Gasteiger partial charge in [-0.1, -0.05) is 230 Å². The Bertz CT molecular complexity index is 5070. The molecule has 0 amide bonds. The third-order valence-corrected chi connectivity index (χ3v) is 20.3. The third kappa shape index (κ3) is 12.4. The van der Waals surface area contributed by atoms with Gasteiger partial charge in [0.25, 0.3) is 6.71 Å². The Morgan fingerprint density at radius 1 is 0.505 bits per heavy atom. The summed E-state index contributed by atoms with van der Waals surface area (Å²) in [6.07, 6.45) is 1.82. The maximum absolute atomic E-state index is 12.7. The predicted octanol–water partition coefficient (Wildman–Crippen LogP) is 22.9. The Hall–Kier alpha value is -9.14. The molecule has 15 rings (SSSR count). The van der Waals surface area contributed by atoms with Crippen LogP contribution in [0.4, 0.5) is 38.5 Å². The summed E-state index contributed by atoms with van der Waals surface area (Å²) in [7, 11) is 0. The smallest absolute Gasteiger partial charge is 0.252 e. The molecule has 0 saturated carbocycles. The van der Waals surface area contributed by atoms with Gasteiger partial charge in [-0.15, -0.1) is 48.0 Å². The number of fused-ring (bicyclic) bond motifs is 8. The number of hydrogen-bond acceptors (Lipinski definition) is 5. The molecule has 501 valence electrons. The number of benzene rings is 10. The van der Waals surface area contributed by atoms with Gasteiger partial charge in [-0.2, -0.15) is 0 Å². The van der Waals surface area contributed by atoms with E-state index in [0.29, 0.717) is 0 Å². The van der Waals surface area contributed by atoms with E-state index < -0.39 is 0 Å². The second-order valence-electron chi connectivity index (χ2n) is 32.0. The van der Waals surface area contributed by atoms with E-state index in [-0.39, 0.29) is 66.1 Å². The fourth-order valence-corrected chi connectivity index (χ4v) is 14.6. The van der Waals surface area contributed by atoms with Crippen LogP contribution in [0, 0.1) is 31.8 Å². The molecule has 9 heteroatoms. The van der Waals surface area contributed by atoms with Crippen LogP contribution < -0.4 is 26.2 Å². The van der Waals surface area contributed by atoms with Gasteiger partial charge in [0.15, 0.2) is 0 Å². The van der Waals surface area contributed by atoms with Crippen LogP contribution in [0.1, 0.15) is 167 Å². The van der Waals surface area contributed by atoms with E-state index in [0.717, 1.165) is 95.1 Å². The van der Waals surface area contributed by atoms with Crippen LogP contribution in [0.25, 0.3) is 72.4 Å². The molecule has 0 spiro atoms. The Labute approximate surface area is 599 Å². The van der Waals surface area contributed by atoms with E-state index in [1.165, 1.54) is 84.5 Å². The molecule has 0 N–H and O–H groups in total. The van der Waals surface area contributed by atoms with Gasteiger partial charge in [0.1, 0.15) is 5.58 Å². The van der Waals surface area contributed by atoms with E-state index >= 15 is 0 Å². The van der Waals surface area contributed by atoms with Gasteiger partial charge in [0, 0.05) is 82.9 Å². The van der Waals surface area contributed by atoms with Crippen molar-refractivity contribution in [1.29, 1.82) is 0 Å². The summed E-state index contributed by atoms with van der Waals surface area (Å²) < 4.78 is 22.6. The Morgan fingerprint density at radius 3 is 1.55 bits per heavy atom. The molecular formula is C90H89BFIrN5O-2. The van der Waals surface area contributed by atoms with Crippen molar-refractivity contribution < 1.29 is 28.9 Å². The van der Waals surface area contributed by atoms with Crippen LogP contribution in [0.3, 0.4) is 0 Å². The SMILES string of the molecule is CC(C)c1cccc(C(C)C)c1-n1c(-c2[c-]ccc3c2oc2c(-c4cc5c6c(c4)N(c4ccc(C(C)(C)C)cc4)c4ccc(C(C)(C)C)cc4B6c4cc(C(C)(C)C)ccc4N5c4ccc(C(C)(C)C)cc4)cccc23)nc2ccccc21.Cc1cnc(-c2[c-]cc(F)cc2)cc1C.[Ir]. The number of aryl methyl sites for hydroxylation is 2. The van der Waals surface area contributed by atoms with E-state index in [1.807, 2.05) is 26.1 Å². The minimum atomic E-state index is -0.275. The predicted molar refractivity (Wildman–Crippen MR) is 413 cm³/mol. The molecule has 10 aromatic carbocycles. The number of rotatable bonds is 8. The number of anilines is 6. The minimum Gasteiger partial charge on any atom is -0.500 e. The zero-order valence-corrected chi connectivity index (χ0v) is 63.0. The van der Waals surface area contributed by atoms with Crippen molar-refractivity contribution in [3.63, 3.8) is 0 Å². The number of halogens is 1. The standard InChI is InChI=1S/C77H78BN4O.C13H11FN.Ir/c1-46(2)55-22-19-23-56(47(3)4)70(55)82-66-29-18-17-28-63(66)79-73(82)60-27-21-26-59-58-25-20-24-57(71(58)83-72(59)60)48-42-67-69-68(43-48)81(54-38-32-50(33-39-54)75(8,9)10)65-41-35-52(77(14,15)16)45-62(65)78(69)61-44-51(76(11,12)13)34-40-64(61)80(67)53-36-30-49(31-37-53)74(5,6)7;1-9-7-13(15-8-10(9)2)11-3-5-12(14)6-4-11;/h17-26,28-47H,1-16H3;3,5-8H,1-2H3;/q2*-1;. The van der Waals surface area contributed by atoms with Gasteiger partial charge in [-0.05, 0) is 175 Å². The van der Waals surface area contributed by atoms with Crippen molar-refractivity contribution in [3.8, 4) is 39.5 Å². The molecule has 2 aliphatic rings. The summed E-state index contributed by atoms with van der Waals surface area (Å²) in [5, 5.41) is 2.08. The molecular weight excluding hydrogens is 1390 g/mol. The fraction of sp³-hybridized carbons (Fsp3) is 0.267. The largest absolute Gasteiger partial charge is 0.500 e. The van der Waals surface area contributed by atoms with Gasteiger partial charge in [0.2, 0.25) is 0 Å². The average molecular weight is 1480 g/mol. The first-order chi connectivity index (χ1) is 46.5. The number of para-hydroxylation sites is 4. The number of nitrogens with zero attached hydrogens (tertiary/aromatic N) is 5. The molecule has 99 heavy (non-hydrogen) atoms. The summed E-state index contributed by atoms with van der Waals surface area (Å²) in [6, 6.07) is 77.4. The summed E-state index contributed by atoms with van der Waals surface area (Å²) >= 11 is 0. The van der Waals surface area contributed by atoms with Gasteiger partial charge in [-0.25, -0.2) is 0 Å². The molecule has 1 radical (unpaired) electrons. The average Bonchev–Trinajstić information content (AvgIpc) is 1.23. The van der Waals surface area contributed by atoms with Gasteiger partial charge in [-0.3, -0.25) is 9.37 Å². The van der Waals surface area contributed by atoms with Crippen molar-refractivity contribution >= 4 is 90.2 Å². The molecule has 0 saturated heterocycles. The normalized spacial score (nSPS) is 13.0. The number of aromatic nitrogens is 3. The maximum Gasteiger partial charge on any atom is 0.252 e. The number of hydrogen-bond donors (Lipinski definition) is 0. The van der Waals surface area contributed by atoms with E-state index in [9.17, 15) is 4.39 Å². The van der Waals surface area contributed by atoms with Crippen LogP contribution in [0.2, 0.25) is 0 Å². The van der Waals surface area contributed by atoms with E-state index in [2.05, 4.69) is 312 Å². The summed E-state index contributed by atoms with van der Waals surface area (Å²) in [5.74, 6) is 1.11. The Kier molecular flexibility index (Phi) is 17.7. The maximum atomic E-state index is 12.7. The van der Waals surface area contributed by atoms with Crippen molar-refractivity contribution in [2.75, 3.05) is 9.80 Å². The molecule has 6 nitrogen and oxygen atoms in total. The molecule has 0 atom stereocenters. The molecule has 0 aliphatic carbocycles. The van der Waals surface area contributed by atoms with Gasteiger partial charge >= 0.3 is 0 Å². The van der Waals surface area contributed by atoms with Crippen molar-refractivity contribution in [2.45, 2.75) is 158 Å². The van der Waals surface area contributed by atoms with Crippen molar-refractivity contribution in [1.82, 2.24) is 14.5 Å². The summed E-state index contributed by atoms with van der Waals surface area (Å²) in [6.45, 7) is 41.0. The molecule has 5 heterocycles. The van der Waals surface area contributed by atoms with E-state index in [4.69, 9.17) is 9.40 Å². The number of pyridine rings is 1. The quantitative estimate of drug-likeness (QED) is 0.112. The van der Waals surface area contributed by atoms with Crippen LogP contribution >= 0.6 is 0 Å². The topological polar surface area (TPSA) is 50.3 Å². The first-order valence-electron chi connectivity index (χ1n) is 34.9. The first kappa shape index (κ1) is 68.4. The fourth-order valence-electron chi connectivity index (χ4n) is 14.6. The zero-order valence-electron chi connectivity index (χ0n) is 60.6. The first-order valence-corrected chi connectivity index (χ1v) is 34.9. The van der Waals surface area contributed by atoms with Gasteiger partial charge < -0.3 is 23.8 Å². The van der Waals surface area contributed by atoms with Crippen LogP contribution in [0.15, 0.2) is 205 Å². The summed E-state index contributed by atoms with van der Waals surface area (Å²) in [4.78, 5) is 14.9. The Morgan fingerprint density at radius 2 is 1.03 bits per heavy atom. The van der Waals surface area contributed by atoms with Gasteiger partial charge in [0.05, 0.1) is 22.4 Å². The second kappa shape index (κ2) is 25.5. The molecule has 0 fully saturated rings. The Balaban J connectivity index is 0.000000486. The van der Waals surface area contributed by atoms with Crippen molar-refractivity contribution in [2.24, 2.45) is 0 Å². The molecule has 2 aliphatic heterocycles. The molecule has 13 aromatic rings. The zero-order chi connectivity index (χ0) is 69.2. The van der Waals surface area contributed by atoms with Crippen LogP contribution in [-0.4, -0.2) is 21.2 Å². The molecule has 3 aromatic heterocycles. The third-order valence-electron chi connectivity index (χ3n) is 20.3. The number of imidazole rings is 1. The molecule has 0 unspecified atom stereocenters. The van der Waals surface area contributed by atoms with Crippen LogP contribution in [0.5, 0.6) is 0 Å². The second-order valence-corrected chi connectivity index (χ2v) is 32.0. The number of furan rings is 1. The summed E-state index contributed by atoms with van der Waals surface area (Å²) in [5.41, 5.74) is 30.2.